The molecule has 10 heteroatoms. The lowest BCUT2D eigenvalue weighted by Gasteiger charge is -2.35. The Balaban J connectivity index is 5.62. The van der Waals surface area contributed by atoms with E-state index in [0.717, 1.165) is 0 Å². The fourth-order valence-electron chi connectivity index (χ4n) is 0.799. The van der Waals surface area contributed by atoms with Crippen LogP contribution in [0.25, 0.3) is 0 Å². The van der Waals surface area contributed by atoms with Gasteiger partial charge in [0.2, 0.25) is 0 Å². The molecule has 0 aromatic carbocycles. The molecule has 0 heterocycles. The summed E-state index contributed by atoms with van der Waals surface area (Å²) in [5.74, 6) is -14.2. The predicted octanol–water partition coefficient (Wildman–Crippen LogP) is 4.35. The van der Waals surface area contributed by atoms with Crippen LogP contribution in [-0.4, -0.2) is 24.1 Å². The summed E-state index contributed by atoms with van der Waals surface area (Å²) in [6.07, 6.45) is -13.8. The summed E-state index contributed by atoms with van der Waals surface area (Å²) in [7, 11) is 0. The van der Waals surface area contributed by atoms with Gasteiger partial charge in [-0.15, -0.1) is 0 Å². The second-order valence-electron chi connectivity index (χ2n) is 3.17. The van der Waals surface area contributed by atoms with Gasteiger partial charge < -0.3 is 0 Å². The molecule has 18 heavy (non-hydrogen) atoms. The maximum Gasteiger partial charge on any atom is 0.455 e. The van der Waals surface area contributed by atoms with E-state index in [-0.39, 0.29) is 0 Å². The van der Waals surface area contributed by atoms with E-state index < -0.39 is 36.3 Å². The molecule has 0 bridgehead atoms. The Bertz CT molecular complexity index is 321. The average Bonchev–Trinajstić information content (AvgIpc) is 2.14. The molecule has 0 amide bonds. The molecule has 0 saturated carbocycles. The van der Waals surface area contributed by atoms with Crippen molar-refractivity contribution in [2.24, 2.45) is 0 Å². The summed E-state index contributed by atoms with van der Waals surface area (Å²) in [4.78, 5) is 0. The Morgan fingerprint density at radius 1 is 1.00 bits per heavy atom. The van der Waals surface area contributed by atoms with Crippen LogP contribution in [-0.2, 0) is 4.74 Å². The lowest BCUT2D eigenvalue weighted by Crippen LogP contribution is -2.59. The third-order valence-electron chi connectivity index (χ3n) is 1.86. The van der Waals surface area contributed by atoms with Crippen LogP contribution in [0.15, 0.2) is 12.4 Å². The Morgan fingerprint density at radius 3 is 1.61 bits per heavy atom. The highest BCUT2D eigenvalue weighted by atomic mass is 19.4. The zero-order valence-electron chi connectivity index (χ0n) is 8.72. The summed E-state index contributed by atoms with van der Waals surface area (Å²) >= 11 is 0. The van der Waals surface area contributed by atoms with Crippen molar-refractivity contribution in [1.29, 1.82) is 0 Å². The molecule has 0 aliphatic heterocycles. The van der Waals surface area contributed by atoms with E-state index in [1.54, 1.807) is 0 Å². The van der Waals surface area contributed by atoms with Crippen molar-refractivity contribution >= 4 is 0 Å². The molecule has 0 N–H and O–H groups in total. The van der Waals surface area contributed by atoms with Crippen molar-refractivity contribution in [3.63, 3.8) is 0 Å². The first-order chi connectivity index (χ1) is 7.71. The van der Waals surface area contributed by atoms with Crippen LogP contribution in [0.3, 0.4) is 0 Å². The largest absolute Gasteiger partial charge is 0.455 e. The summed E-state index contributed by atoms with van der Waals surface area (Å²) in [5, 5.41) is 0. The van der Waals surface area contributed by atoms with Crippen molar-refractivity contribution in [3.05, 3.63) is 12.4 Å². The standard InChI is InChI=1S/C8H7F9O/c1-3-5(10,11)7(14,8(15,16)17)18-6(12,13)4(2)9/h2-3H2,1H3. The fraction of sp³-hybridized carbons (Fsp3) is 0.750. The minimum Gasteiger partial charge on any atom is -0.264 e. The first-order valence-electron chi connectivity index (χ1n) is 4.27. The molecule has 0 rings (SSSR count). The monoisotopic (exact) mass is 290 g/mol. The number of hydrogen-bond acceptors (Lipinski definition) is 1. The topological polar surface area (TPSA) is 9.23 Å². The van der Waals surface area contributed by atoms with Gasteiger partial charge in [-0.1, -0.05) is 13.5 Å². The van der Waals surface area contributed by atoms with Crippen molar-refractivity contribution in [2.45, 2.75) is 37.4 Å². The van der Waals surface area contributed by atoms with E-state index in [0.29, 0.717) is 6.92 Å². The zero-order chi connectivity index (χ0) is 15.0. The van der Waals surface area contributed by atoms with Crippen LogP contribution < -0.4 is 0 Å². The number of rotatable bonds is 5. The van der Waals surface area contributed by atoms with Crippen LogP contribution in [0.4, 0.5) is 39.5 Å². The van der Waals surface area contributed by atoms with Gasteiger partial charge in [0, 0.05) is 6.42 Å². The second-order valence-corrected chi connectivity index (χ2v) is 3.17. The van der Waals surface area contributed by atoms with Gasteiger partial charge >= 0.3 is 24.1 Å². The van der Waals surface area contributed by atoms with Crippen molar-refractivity contribution < 1.29 is 44.3 Å². The number of ether oxygens (including phenoxy) is 1. The van der Waals surface area contributed by atoms with E-state index in [4.69, 9.17) is 0 Å². The number of halogens is 9. The van der Waals surface area contributed by atoms with Crippen LogP contribution >= 0.6 is 0 Å². The van der Waals surface area contributed by atoms with E-state index in [9.17, 15) is 39.5 Å². The van der Waals surface area contributed by atoms with Gasteiger partial charge in [0.05, 0.1) is 0 Å². The average molecular weight is 290 g/mol. The van der Waals surface area contributed by atoms with Gasteiger partial charge in [0.15, 0.2) is 5.83 Å². The van der Waals surface area contributed by atoms with Crippen molar-refractivity contribution in [1.82, 2.24) is 0 Å². The molecule has 0 radical (unpaired) electrons. The lowest BCUT2D eigenvalue weighted by atomic mass is 10.1. The van der Waals surface area contributed by atoms with Gasteiger partial charge in [-0.05, 0) is 0 Å². The molecule has 0 aromatic rings. The molecule has 1 unspecified atom stereocenters. The smallest absolute Gasteiger partial charge is 0.264 e. The van der Waals surface area contributed by atoms with Gasteiger partial charge in [-0.25, -0.2) is 4.39 Å². The molecule has 0 spiro atoms. The Labute approximate surface area is 95.2 Å². The number of hydrogen-bond donors (Lipinski definition) is 0. The molecule has 0 fully saturated rings. The van der Waals surface area contributed by atoms with Crippen LogP contribution in [0.2, 0.25) is 0 Å². The van der Waals surface area contributed by atoms with Crippen LogP contribution in [0.1, 0.15) is 13.3 Å². The predicted molar refractivity (Wildman–Crippen MR) is 41.4 cm³/mol. The highest BCUT2D eigenvalue weighted by Crippen LogP contribution is 2.50. The SMILES string of the molecule is C=C(F)C(F)(F)OC(F)(C(F)(F)F)C(F)(F)CC. The van der Waals surface area contributed by atoms with Gasteiger partial charge in [0.25, 0.3) is 0 Å². The third kappa shape index (κ3) is 2.90. The molecule has 1 atom stereocenters. The highest BCUT2D eigenvalue weighted by Gasteiger charge is 2.75. The number of alkyl halides is 8. The molecule has 108 valence electrons. The van der Waals surface area contributed by atoms with Crippen LogP contribution in [0.5, 0.6) is 0 Å². The van der Waals surface area contributed by atoms with Crippen molar-refractivity contribution in [2.75, 3.05) is 0 Å². The quantitative estimate of drug-likeness (QED) is 0.684. The first-order valence-corrected chi connectivity index (χ1v) is 4.27. The minimum atomic E-state index is -6.49. The molecular formula is C8H7F9O. The van der Waals surface area contributed by atoms with E-state index >= 15 is 0 Å². The molecule has 0 saturated heterocycles. The Kier molecular flexibility index (Phi) is 4.39. The van der Waals surface area contributed by atoms with E-state index in [1.165, 1.54) is 0 Å². The third-order valence-corrected chi connectivity index (χ3v) is 1.86. The maximum atomic E-state index is 13.1. The summed E-state index contributed by atoms with van der Waals surface area (Å²) < 4.78 is 114. The highest BCUT2D eigenvalue weighted by molar-refractivity contribution is 4.98. The van der Waals surface area contributed by atoms with E-state index in [2.05, 4.69) is 4.74 Å². The lowest BCUT2D eigenvalue weighted by molar-refractivity contribution is -0.453. The molecule has 0 aromatic heterocycles. The summed E-state index contributed by atoms with van der Waals surface area (Å²) in [6.45, 7) is 2.29. The molecule has 0 aliphatic rings. The Hall–Kier alpha value is -0.930. The van der Waals surface area contributed by atoms with Gasteiger partial charge in [-0.2, -0.15) is 35.1 Å². The van der Waals surface area contributed by atoms with E-state index in [1.807, 2.05) is 6.58 Å². The minimum absolute atomic E-state index is 0.409. The van der Waals surface area contributed by atoms with Crippen LogP contribution in [0, 0.1) is 0 Å². The first kappa shape index (κ1) is 17.1. The Morgan fingerprint density at radius 2 is 1.39 bits per heavy atom. The van der Waals surface area contributed by atoms with Crippen molar-refractivity contribution in [3.8, 4) is 0 Å². The summed E-state index contributed by atoms with van der Waals surface area (Å²) in [5.41, 5.74) is 0. The fourth-order valence-corrected chi connectivity index (χ4v) is 0.799. The zero-order valence-corrected chi connectivity index (χ0v) is 8.72. The summed E-state index contributed by atoms with van der Waals surface area (Å²) in [6, 6.07) is 0. The molecule has 1 nitrogen and oxygen atoms in total. The normalized spacial score (nSPS) is 17.4. The maximum absolute atomic E-state index is 13.1. The van der Waals surface area contributed by atoms with Gasteiger partial charge in [-0.3, -0.25) is 4.74 Å². The second kappa shape index (κ2) is 4.63. The molecular weight excluding hydrogens is 283 g/mol. The molecule has 0 aliphatic carbocycles. The van der Waals surface area contributed by atoms with Gasteiger partial charge in [0.1, 0.15) is 0 Å².